The number of hydrazine groups is 1. The molecule has 112 valence electrons. The maximum absolute atomic E-state index is 12.2. The third-order valence-corrected chi connectivity index (χ3v) is 3.34. The molecule has 1 aromatic carbocycles. The van der Waals surface area contributed by atoms with E-state index >= 15 is 0 Å². The summed E-state index contributed by atoms with van der Waals surface area (Å²) in [5.74, 6) is 0.868. The highest BCUT2D eigenvalue weighted by Gasteiger charge is 2.20. The van der Waals surface area contributed by atoms with E-state index in [0.29, 0.717) is 11.7 Å². The average molecular weight is 297 g/mol. The van der Waals surface area contributed by atoms with Crippen molar-refractivity contribution >= 4 is 23.4 Å². The molecule has 0 bridgehead atoms. The fourth-order valence-corrected chi connectivity index (χ4v) is 2.13. The first kappa shape index (κ1) is 13.9. The van der Waals surface area contributed by atoms with Crippen molar-refractivity contribution < 1.29 is 0 Å². The summed E-state index contributed by atoms with van der Waals surface area (Å²) in [6, 6.07) is 9.76. The zero-order valence-corrected chi connectivity index (χ0v) is 12.2. The van der Waals surface area contributed by atoms with Gasteiger partial charge in [-0.3, -0.25) is 24.8 Å². The molecule has 7 nitrogen and oxygen atoms in total. The number of nitrogens with one attached hydrogen (secondary N) is 2. The minimum Gasteiger partial charge on any atom is -0.290 e. The van der Waals surface area contributed by atoms with E-state index in [1.807, 2.05) is 36.4 Å². The molecule has 0 radical (unpaired) electrons. The van der Waals surface area contributed by atoms with Crippen molar-refractivity contribution in [3.05, 3.63) is 62.8 Å². The quantitative estimate of drug-likeness (QED) is 0.858. The fraction of sp³-hybridized carbons (Fsp3) is 0.133. The molecule has 0 aliphatic carbocycles. The molecule has 0 saturated carbocycles. The molecule has 1 aromatic heterocycles. The molecular formula is C15H15N5O2. The Labute approximate surface area is 126 Å². The van der Waals surface area contributed by atoms with Crippen molar-refractivity contribution in [3.8, 4) is 0 Å². The third-order valence-electron chi connectivity index (χ3n) is 3.34. The van der Waals surface area contributed by atoms with Crippen molar-refractivity contribution in [1.29, 1.82) is 0 Å². The lowest BCUT2D eigenvalue weighted by atomic mass is 10.2. The molecule has 0 spiro atoms. The number of aliphatic imine (C=N–C) groups is 1. The third kappa shape index (κ3) is 2.44. The van der Waals surface area contributed by atoms with Gasteiger partial charge in [-0.05, 0) is 11.6 Å². The van der Waals surface area contributed by atoms with Crippen LogP contribution in [0.2, 0.25) is 0 Å². The SMILES string of the molecule is CN1NC(/C=C/c2ccccc2)=Nc2c1[nH]c(=O)n(C)c2=O. The van der Waals surface area contributed by atoms with Crippen LogP contribution in [0, 0.1) is 0 Å². The van der Waals surface area contributed by atoms with Gasteiger partial charge in [0.05, 0.1) is 0 Å². The lowest BCUT2D eigenvalue weighted by Crippen LogP contribution is -2.45. The minimum atomic E-state index is -0.476. The van der Waals surface area contributed by atoms with Gasteiger partial charge in [-0.1, -0.05) is 36.4 Å². The molecular weight excluding hydrogens is 282 g/mol. The number of aromatic nitrogens is 2. The predicted octanol–water partition coefficient (Wildman–Crippen LogP) is 0.771. The molecule has 3 rings (SSSR count). The Hall–Kier alpha value is -3.09. The molecule has 2 heterocycles. The molecule has 0 amide bonds. The average Bonchev–Trinajstić information content (AvgIpc) is 2.53. The van der Waals surface area contributed by atoms with Gasteiger partial charge in [0.25, 0.3) is 5.56 Å². The highest BCUT2D eigenvalue weighted by Crippen LogP contribution is 2.21. The second-order valence-corrected chi connectivity index (χ2v) is 4.90. The van der Waals surface area contributed by atoms with Crippen molar-refractivity contribution in [2.75, 3.05) is 12.1 Å². The first-order valence-electron chi connectivity index (χ1n) is 6.72. The summed E-state index contributed by atoms with van der Waals surface area (Å²) in [6.45, 7) is 0. The number of rotatable bonds is 2. The Bertz CT molecular complexity index is 877. The summed E-state index contributed by atoms with van der Waals surface area (Å²) >= 11 is 0. The molecule has 7 heteroatoms. The largest absolute Gasteiger partial charge is 0.329 e. The van der Waals surface area contributed by atoms with Crippen molar-refractivity contribution in [2.45, 2.75) is 0 Å². The molecule has 0 saturated heterocycles. The van der Waals surface area contributed by atoms with Gasteiger partial charge in [-0.25, -0.2) is 9.79 Å². The number of fused-ring (bicyclic) bond motifs is 1. The maximum Gasteiger partial charge on any atom is 0.329 e. The van der Waals surface area contributed by atoms with Gasteiger partial charge in [0.2, 0.25) is 0 Å². The number of aromatic amines is 1. The Morgan fingerprint density at radius 1 is 1.09 bits per heavy atom. The normalized spacial score (nSPS) is 13.7. The van der Waals surface area contributed by atoms with Crippen LogP contribution in [0.5, 0.6) is 0 Å². The molecule has 0 atom stereocenters. The molecule has 1 aliphatic heterocycles. The predicted molar refractivity (Wildman–Crippen MR) is 86.4 cm³/mol. The highest BCUT2D eigenvalue weighted by atomic mass is 16.2. The van der Waals surface area contributed by atoms with E-state index in [1.165, 1.54) is 7.05 Å². The van der Waals surface area contributed by atoms with Crippen LogP contribution in [-0.4, -0.2) is 22.4 Å². The summed E-state index contributed by atoms with van der Waals surface area (Å²) in [4.78, 5) is 30.7. The Balaban J connectivity index is 2.03. The summed E-state index contributed by atoms with van der Waals surface area (Å²) in [7, 11) is 3.12. The number of hydrogen-bond acceptors (Lipinski definition) is 5. The van der Waals surface area contributed by atoms with Gasteiger partial charge in [0.1, 0.15) is 5.84 Å². The van der Waals surface area contributed by atoms with Crippen molar-refractivity contribution in [1.82, 2.24) is 15.0 Å². The van der Waals surface area contributed by atoms with Crippen LogP contribution >= 0.6 is 0 Å². The van der Waals surface area contributed by atoms with Crippen molar-refractivity contribution in [2.24, 2.45) is 12.0 Å². The zero-order chi connectivity index (χ0) is 15.7. The second-order valence-electron chi connectivity index (χ2n) is 4.90. The summed E-state index contributed by atoms with van der Waals surface area (Å²) in [5.41, 5.74) is 3.31. The summed E-state index contributed by atoms with van der Waals surface area (Å²) in [6.07, 6.45) is 3.67. The first-order valence-corrected chi connectivity index (χ1v) is 6.72. The Morgan fingerprint density at radius 3 is 2.55 bits per heavy atom. The van der Waals surface area contributed by atoms with E-state index < -0.39 is 11.2 Å². The highest BCUT2D eigenvalue weighted by molar-refractivity contribution is 6.01. The second kappa shape index (κ2) is 5.36. The van der Waals surface area contributed by atoms with Gasteiger partial charge in [-0.2, -0.15) is 0 Å². The van der Waals surface area contributed by atoms with Crippen LogP contribution in [0.25, 0.3) is 6.08 Å². The smallest absolute Gasteiger partial charge is 0.290 e. The van der Waals surface area contributed by atoms with Gasteiger partial charge in [0.15, 0.2) is 11.5 Å². The fourth-order valence-electron chi connectivity index (χ4n) is 2.13. The van der Waals surface area contributed by atoms with E-state index in [9.17, 15) is 9.59 Å². The Morgan fingerprint density at radius 2 is 1.82 bits per heavy atom. The number of hydrogen-bond donors (Lipinski definition) is 2. The van der Waals surface area contributed by atoms with Gasteiger partial charge in [0, 0.05) is 14.1 Å². The summed E-state index contributed by atoms with van der Waals surface area (Å²) in [5, 5.41) is 1.57. The molecule has 22 heavy (non-hydrogen) atoms. The molecule has 2 aromatic rings. The number of H-pyrrole nitrogens is 1. The topological polar surface area (TPSA) is 82.5 Å². The van der Waals surface area contributed by atoms with Crippen LogP contribution in [-0.2, 0) is 7.05 Å². The number of benzene rings is 1. The lowest BCUT2D eigenvalue weighted by Gasteiger charge is -2.26. The van der Waals surface area contributed by atoms with E-state index in [1.54, 1.807) is 18.1 Å². The van der Waals surface area contributed by atoms with E-state index in [0.717, 1.165) is 10.1 Å². The van der Waals surface area contributed by atoms with Gasteiger partial charge >= 0.3 is 5.69 Å². The van der Waals surface area contributed by atoms with Crippen LogP contribution in [0.15, 0.2) is 51.0 Å². The zero-order valence-electron chi connectivity index (χ0n) is 12.2. The molecule has 1 aliphatic rings. The standard InChI is InChI=1S/C15H15N5O2/c1-19-14(21)12-13(17-15(19)22)20(2)18-11(16-12)9-8-10-6-4-3-5-7-10/h3-9H,1-2H3,(H,16,18)(H,17,22)/b9-8+. The molecule has 2 N–H and O–H groups in total. The van der Waals surface area contributed by atoms with E-state index in [4.69, 9.17) is 0 Å². The van der Waals surface area contributed by atoms with Crippen LogP contribution in [0.3, 0.4) is 0 Å². The monoisotopic (exact) mass is 297 g/mol. The van der Waals surface area contributed by atoms with Crippen LogP contribution in [0.1, 0.15) is 5.56 Å². The number of amidine groups is 1. The number of anilines is 1. The first-order chi connectivity index (χ1) is 10.6. The van der Waals surface area contributed by atoms with E-state index in [-0.39, 0.29) is 5.69 Å². The van der Waals surface area contributed by atoms with Crippen molar-refractivity contribution in [3.63, 3.8) is 0 Å². The number of nitrogens with zero attached hydrogens (tertiary/aromatic N) is 3. The Kier molecular flexibility index (Phi) is 3.38. The molecule has 0 unspecified atom stereocenters. The van der Waals surface area contributed by atoms with Crippen LogP contribution < -0.4 is 21.7 Å². The maximum atomic E-state index is 12.2. The van der Waals surface area contributed by atoms with Gasteiger partial charge in [-0.15, -0.1) is 0 Å². The molecule has 0 fully saturated rings. The van der Waals surface area contributed by atoms with Crippen LogP contribution in [0.4, 0.5) is 11.5 Å². The summed E-state index contributed by atoms with van der Waals surface area (Å²) < 4.78 is 1.00. The minimum absolute atomic E-state index is 0.205. The van der Waals surface area contributed by atoms with E-state index in [2.05, 4.69) is 15.4 Å². The lowest BCUT2D eigenvalue weighted by molar-refractivity contribution is 0.746. The van der Waals surface area contributed by atoms with Gasteiger partial charge < -0.3 is 0 Å².